The molecule has 0 unspecified atom stereocenters. The van der Waals surface area contributed by atoms with E-state index < -0.39 is 0 Å². The number of ether oxygens (including phenoxy) is 1. The fraction of sp³-hybridized carbons (Fsp3) is 0.696. The summed E-state index contributed by atoms with van der Waals surface area (Å²) in [6.07, 6.45) is 6.83. The quantitative estimate of drug-likeness (QED) is 0.687. The first-order chi connectivity index (χ1) is 13.7. The number of methoxy groups -OCH3 is 1. The standard InChI is InChI=1S/C23H37N3O2/c1-20(6-7-21-8-10-22(28-2)11-9-21)25-15-12-23(27)26(19-18-25)17-16-24-13-4-3-5-14-24/h8-11,20H,3-7,12-19H2,1-2H3/t20-/m0/s1. The van der Waals surface area contributed by atoms with Crippen molar-refractivity contribution in [1.29, 1.82) is 0 Å². The molecular weight excluding hydrogens is 350 g/mol. The van der Waals surface area contributed by atoms with Gasteiger partial charge in [-0.2, -0.15) is 0 Å². The zero-order valence-electron chi connectivity index (χ0n) is 17.7. The maximum absolute atomic E-state index is 12.6. The fourth-order valence-corrected chi connectivity index (χ4v) is 4.36. The van der Waals surface area contributed by atoms with Crippen molar-refractivity contribution in [1.82, 2.24) is 14.7 Å². The molecule has 2 aliphatic heterocycles. The van der Waals surface area contributed by atoms with Crippen molar-refractivity contribution in [3.8, 4) is 5.75 Å². The first-order valence-electron chi connectivity index (χ1n) is 11.0. The zero-order valence-corrected chi connectivity index (χ0v) is 17.7. The summed E-state index contributed by atoms with van der Waals surface area (Å²) in [7, 11) is 1.70. The van der Waals surface area contributed by atoms with Crippen molar-refractivity contribution in [3.63, 3.8) is 0 Å². The molecule has 1 aromatic rings. The molecule has 156 valence electrons. The average Bonchev–Trinajstić information content (AvgIpc) is 2.93. The van der Waals surface area contributed by atoms with Gasteiger partial charge in [-0.3, -0.25) is 9.69 Å². The maximum Gasteiger partial charge on any atom is 0.223 e. The number of amides is 1. The third-order valence-corrected chi connectivity index (χ3v) is 6.39. The normalized spacial score (nSPS) is 20.8. The second kappa shape index (κ2) is 10.8. The van der Waals surface area contributed by atoms with Crippen LogP contribution in [0, 0.1) is 0 Å². The van der Waals surface area contributed by atoms with Crippen LogP contribution in [0.4, 0.5) is 0 Å². The van der Waals surface area contributed by atoms with Crippen LogP contribution in [0.1, 0.15) is 44.6 Å². The van der Waals surface area contributed by atoms with Crippen LogP contribution in [-0.4, -0.2) is 79.6 Å². The molecule has 2 heterocycles. The summed E-state index contributed by atoms with van der Waals surface area (Å²) in [5.41, 5.74) is 1.35. The third kappa shape index (κ3) is 6.21. The molecule has 0 N–H and O–H groups in total. The third-order valence-electron chi connectivity index (χ3n) is 6.39. The minimum absolute atomic E-state index is 0.335. The lowest BCUT2D eigenvalue weighted by Crippen LogP contribution is -2.41. The number of rotatable bonds is 8. The minimum Gasteiger partial charge on any atom is -0.497 e. The number of hydrogen-bond acceptors (Lipinski definition) is 4. The number of carbonyl (C=O) groups is 1. The molecule has 0 bridgehead atoms. The summed E-state index contributed by atoms with van der Waals surface area (Å²) < 4.78 is 5.23. The van der Waals surface area contributed by atoms with Crippen molar-refractivity contribution in [2.24, 2.45) is 0 Å². The Hall–Kier alpha value is -1.59. The molecule has 0 saturated carbocycles. The van der Waals surface area contributed by atoms with Crippen LogP contribution in [0.5, 0.6) is 5.75 Å². The van der Waals surface area contributed by atoms with Gasteiger partial charge in [0.2, 0.25) is 5.91 Å². The molecule has 3 rings (SSSR count). The Bertz CT molecular complexity index is 598. The highest BCUT2D eigenvalue weighted by molar-refractivity contribution is 5.76. The molecule has 0 radical (unpaired) electrons. The Labute approximate surface area is 170 Å². The van der Waals surface area contributed by atoms with Gasteiger partial charge >= 0.3 is 0 Å². The summed E-state index contributed by atoms with van der Waals surface area (Å²) in [6.45, 7) is 9.41. The highest BCUT2D eigenvalue weighted by Crippen LogP contribution is 2.16. The van der Waals surface area contributed by atoms with Gasteiger partial charge in [0.25, 0.3) is 0 Å². The lowest BCUT2D eigenvalue weighted by molar-refractivity contribution is -0.130. The number of hydrogen-bond donors (Lipinski definition) is 0. The fourth-order valence-electron chi connectivity index (χ4n) is 4.36. The van der Waals surface area contributed by atoms with Gasteiger partial charge in [-0.1, -0.05) is 18.6 Å². The van der Waals surface area contributed by atoms with Crippen molar-refractivity contribution in [2.45, 2.75) is 51.5 Å². The molecule has 1 atom stereocenters. The topological polar surface area (TPSA) is 36.0 Å². The van der Waals surface area contributed by atoms with Crippen LogP contribution < -0.4 is 4.74 Å². The summed E-state index contributed by atoms with van der Waals surface area (Å²) in [6, 6.07) is 8.87. The number of carbonyl (C=O) groups excluding carboxylic acids is 1. The molecule has 0 aromatic heterocycles. The van der Waals surface area contributed by atoms with Gasteiger partial charge in [-0.15, -0.1) is 0 Å². The van der Waals surface area contributed by atoms with E-state index in [1.165, 1.54) is 37.9 Å². The molecule has 2 fully saturated rings. The van der Waals surface area contributed by atoms with E-state index in [0.717, 1.165) is 51.3 Å². The monoisotopic (exact) mass is 387 g/mol. The van der Waals surface area contributed by atoms with Crippen molar-refractivity contribution in [3.05, 3.63) is 29.8 Å². The summed E-state index contributed by atoms with van der Waals surface area (Å²) in [5.74, 6) is 1.24. The second-order valence-corrected chi connectivity index (χ2v) is 8.30. The van der Waals surface area contributed by atoms with Gasteiger partial charge in [-0.25, -0.2) is 0 Å². The number of nitrogens with zero attached hydrogens (tertiary/aromatic N) is 3. The molecular formula is C23H37N3O2. The van der Waals surface area contributed by atoms with Crippen molar-refractivity contribution < 1.29 is 9.53 Å². The van der Waals surface area contributed by atoms with E-state index in [1.807, 2.05) is 12.1 Å². The molecule has 0 aliphatic carbocycles. The predicted molar refractivity (Wildman–Crippen MR) is 114 cm³/mol. The molecule has 2 saturated heterocycles. The maximum atomic E-state index is 12.6. The van der Waals surface area contributed by atoms with Crippen LogP contribution in [0.3, 0.4) is 0 Å². The number of aryl methyl sites for hydroxylation is 1. The Balaban J connectivity index is 1.42. The van der Waals surface area contributed by atoms with Crippen molar-refractivity contribution >= 4 is 5.91 Å². The highest BCUT2D eigenvalue weighted by Gasteiger charge is 2.24. The number of piperidine rings is 1. The van der Waals surface area contributed by atoms with Crippen LogP contribution in [0.25, 0.3) is 0 Å². The van der Waals surface area contributed by atoms with E-state index in [2.05, 4.69) is 33.8 Å². The average molecular weight is 388 g/mol. The van der Waals surface area contributed by atoms with E-state index >= 15 is 0 Å². The second-order valence-electron chi connectivity index (χ2n) is 8.30. The van der Waals surface area contributed by atoms with Crippen molar-refractivity contribution in [2.75, 3.05) is 52.9 Å². The van der Waals surface area contributed by atoms with Gasteiger partial charge in [0.05, 0.1) is 7.11 Å². The summed E-state index contributed by atoms with van der Waals surface area (Å²) in [4.78, 5) is 19.7. The lowest BCUT2D eigenvalue weighted by atomic mass is 10.0. The number of likely N-dealkylation sites (tertiary alicyclic amines) is 1. The Morgan fingerprint density at radius 2 is 1.71 bits per heavy atom. The predicted octanol–water partition coefficient (Wildman–Crippen LogP) is 3.04. The van der Waals surface area contributed by atoms with Gasteiger partial charge in [0.1, 0.15) is 5.75 Å². The molecule has 28 heavy (non-hydrogen) atoms. The molecule has 0 spiro atoms. The minimum atomic E-state index is 0.335. The first-order valence-corrected chi connectivity index (χ1v) is 11.0. The van der Waals surface area contributed by atoms with Gasteiger partial charge in [-0.05, 0) is 63.4 Å². The first kappa shape index (κ1) is 21.1. The van der Waals surface area contributed by atoms with E-state index in [1.54, 1.807) is 7.11 Å². The molecule has 5 heteroatoms. The van der Waals surface area contributed by atoms with Crippen LogP contribution in [0.2, 0.25) is 0 Å². The molecule has 5 nitrogen and oxygen atoms in total. The molecule has 1 aromatic carbocycles. The number of benzene rings is 1. The summed E-state index contributed by atoms with van der Waals surface area (Å²) >= 11 is 0. The highest BCUT2D eigenvalue weighted by atomic mass is 16.5. The van der Waals surface area contributed by atoms with E-state index in [-0.39, 0.29) is 0 Å². The van der Waals surface area contributed by atoms with Gasteiger partial charge < -0.3 is 14.5 Å². The van der Waals surface area contributed by atoms with Gasteiger partial charge in [0, 0.05) is 45.2 Å². The Morgan fingerprint density at radius 1 is 0.964 bits per heavy atom. The van der Waals surface area contributed by atoms with Crippen LogP contribution in [0.15, 0.2) is 24.3 Å². The summed E-state index contributed by atoms with van der Waals surface area (Å²) in [5, 5.41) is 0. The van der Waals surface area contributed by atoms with E-state index in [0.29, 0.717) is 18.4 Å². The molecule has 2 aliphatic rings. The van der Waals surface area contributed by atoms with E-state index in [9.17, 15) is 4.79 Å². The Kier molecular flexibility index (Phi) is 8.16. The van der Waals surface area contributed by atoms with Crippen LogP contribution in [-0.2, 0) is 11.2 Å². The Morgan fingerprint density at radius 3 is 2.43 bits per heavy atom. The lowest BCUT2D eigenvalue weighted by Gasteiger charge is -2.30. The SMILES string of the molecule is COc1ccc(CC[C@H](C)N2CCC(=O)N(CCN3CCCCC3)CC2)cc1. The van der Waals surface area contributed by atoms with Gasteiger partial charge in [0.15, 0.2) is 0 Å². The zero-order chi connectivity index (χ0) is 19.8. The largest absolute Gasteiger partial charge is 0.497 e. The van der Waals surface area contributed by atoms with E-state index in [4.69, 9.17) is 4.74 Å². The smallest absolute Gasteiger partial charge is 0.223 e. The van der Waals surface area contributed by atoms with Crippen LogP contribution >= 0.6 is 0 Å². The molecule has 1 amide bonds.